The summed E-state index contributed by atoms with van der Waals surface area (Å²) in [7, 11) is 0. The van der Waals surface area contributed by atoms with E-state index in [1.807, 2.05) is 0 Å². The molecule has 0 radical (unpaired) electrons. The van der Waals surface area contributed by atoms with Crippen LogP contribution < -0.4 is 5.43 Å². The average molecular weight is 422 g/mol. The number of aromatic nitrogens is 1. The van der Waals surface area contributed by atoms with E-state index in [0.29, 0.717) is 31.2 Å². The summed E-state index contributed by atoms with van der Waals surface area (Å²) in [6, 6.07) is 4.26. The highest BCUT2D eigenvalue weighted by Gasteiger charge is 2.19. The molecule has 1 aliphatic heterocycles. The van der Waals surface area contributed by atoms with Crippen LogP contribution in [0.15, 0.2) is 27.5 Å². The summed E-state index contributed by atoms with van der Waals surface area (Å²) >= 11 is 4.30. The highest BCUT2D eigenvalue weighted by molar-refractivity contribution is 9.10. The average Bonchev–Trinajstić information content (AvgIpc) is 2.58. The molecule has 128 valence electrons. The van der Waals surface area contributed by atoms with E-state index in [-0.39, 0.29) is 11.5 Å². The first-order chi connectivity index (χ1) is 11.8. The highest BCUT2D eigenvalue weighted by atomic mass is 79.9. The molecule has 1 aromatic rings. The van der Waals surface area contributed by atoms with Crippen molar-refractivity contribution in [3.63, 3.8) is 0 Å². The second kappa shape index (κ2) is 6.38. The van der Waals surface area contributed by atoms with Gasteiger partial charge in [0.15, 0.2) is 23.0 Å². The van der Waals surface area contributed by atoms with E-state index >= 15 is 0 Å². The Hall–Kier alpha value is -2.58. The number of nitrogens with zero attached hydrogens (tertiary/aromatic N) is 1. The number of phenolic OH excluding ortho intramolecular Hbond substituents is 4. The number of phenols is 4. The first-order valence-electron chi connectivity index (χ1n) is 7.04. The molecule has 0 fully saturated rings. The SMILES string of the molecule is Cc1nc(/C=C/c2ccc(O)c(O)c2Br)sc2c(O)c(=O)c(O)cc1-2. The zero-order valence-electron chi connectivity index (χ0n) is 12.8. The molecule has 2 aliphatic rings. The number of rotatable bonds is 2. The Labute approximate surface area is 154 Å². The molecule has 8 heteroatoms. The third-order valence-corrected chi connectivity index (χ3v) is 5.48. The number of hydrogen-bond donors (Lipinski definition) is 4. The lowest BCUT2D eigenvalue weighted by molar-refractivity contribution is 0.401. The molecule has 4 N–H and O–H groups in total. The Bertz CT molecular complexity index is 1040. The predicted octanol–water partition coefficient (Wildman–Crippen LogP) is 3.67. The number of fused-ring (bicyclic) bond motifs is 1. The zero-order chi connectivity index (χ0) is 18.3. The van der Waals surface area contributed by atoms with Gasteiger partial charge in [0.05, 0.1) is 9.35 Å². The van der Waals surface area contributed by atoms with Gasteiger partial charge < -0.3 is 20.4 Å². The molecule has 0 saturated heterocycles. The van der Waals surface area contributed by atoms with Crippen LogP contribution in [-0.4, -0.2) is 25.4 Å². The van der Waals surface area contributed by atoms with Crippen LogP contribution in [0.25, 0.3) is 22.6 Å². The first kappa shape index (κ1) is 17.2. The van der Waals surface area contributed by atoms with Gasteiger partial charge in [-0.2, -0.15) is 0 Å². The summed E-state index contributed by atoms with van der Waals surface area (Å²) in [6.45, 7) is 1.71. The summed E-state index contributed by atoms with van der Waals surface area (Å²) in [6.07, 6.45) is 3.33. The Morgan fingerprint density at radius 1 is 1.08 bits per heavy atom. The van der Waals surface area contributed by atoms with Crippen molar-refractivity contribution < 1.29 is 20.4 Å². The highest BCUT2D eigenvalue weighted by Crippen LogP contribution is 2.39. The van der Waals surface area contributed by atoms with Gasteiger partial charge in [-0.05, 0) is 52.7 Å². The van der Waals surface area contributed by atoms with Crippen LogP contribution in [-0.2, 0) is 0 Å². The molecule has 0 amide bonds. The van der Waals surface area contributed by atoms with Gasteiger partial charge in [0.1, 0.15) is 5.01 Å². The van der Waals surface area contributed by atoms with Crippen LogP contribution >= 0.6 is 27.3 Å². The van der Waals surface area contributed by atoms with Crippen molar-refractivity contribution in [2.24, 2.45) is 0 Å². The summed E-state index contributed by atoms with van der Waals surface area (Å²) in [5, 5.41) is 39.3. The van der Waals surface area contributed by atoms with E-state index in [0.717, 1.165) is 11.3 Å². The topological polar surface area (TPSA) is 111 Å². The van der Waals surface area contributed by atoms with Gasteiger partial charge in [0.2, 0.25) is 0 Å². The maximum Gasteiger partial charge on any atom is 0.263 e. The zero-order valence-corrected chi connectivity index (χ0v) is 15.2. The van der Waals surface area contributed by atoms with Crippen molar-refractivity contribution in [1.82, 2.24) is 4.98 Å². The van der Waals surface area contributed by atoms with Crippen LogP contribution in [0.5, 0.6) is 23.0 Å². The summed E-state index contributed by atoms with van der Waals surface area (Å²) < 4.78 is 0.334. The molecule has 0 unspecified atom stereocenters. The molecule has 0 atom stereocenters. The normalized spacial score (nSPS) is 11.4. The predicted molar refractivity (Wildman–Crippen MR) is 99.5 cm³/mol. The van der Waals surface area contributed by atoms with Crippen molar-refractivity contribution >= 4 is 39.4 Å². The standard InChI is InChI=1S/C17H12BrNO5S/c1-7-9-6-11(21)15(23)16(24)17(9)25-12(19-7)5-3-8-2-4-10(20)14(22)13(8)18/h2-6,20-22,24H,1H3/b5-3+. The van der Waals surface area contributed by atoms with Gasteiger partial charge in [-0.15, -0.1) is 11.3 Å². The van der Waals surface area contributed by atoms with Crippen LogP contribution in [0.1, 0.15) is 16.3 Å². The molecule has 0 spiro atoms. The maximum absolute atomic E-state index is 11.7. The van der Waals surface area contributed by atoms with E-state index in [4.69, 9.17) is 0 Å². The molecular formula is C17H12BrNO5S. The van der Waals surface area contributed by atoms with E-state index in [9.17, 15) is 25.2 Å². The van der Waals surface area contributed by atoms with Crippen molar-refractivity contribution in [3.05, 3.63) is 49.2 Å². The minimum Gasteiger partial charge on any atom is -0.504 e. The van der Waals surface area contributed by atoms with Crippen LogP contribution in [0.4, 0.5) is 0 Å². The van der Waals surface area contributed by atoms with Crippen molar-refractivity contribution in [2.45, 2.75) is 6.92 Å². The van der Waals surface area contributed by atoms with Crippen LogP contribution in [0.3, 0.4) is 0 Å². The second-order valence-electron chi connectivity index (χ2n) is 5.26. The molecule has 0 bridgehead atoms. The van der Waals surface area contributed by atoms with Gasteiger partial charge in [0.25, 0.3) is 5.43 Å². The fourth-order valence-electron chi connectivity index (χ4n) is 2.28. The molecule has 0 saturated carbocycles. The number of aryl methyl sites for hydroxylation is 1. The smallest absolute Gasteiger partial charge is 0.263 e. The first-order valence-corrected chi connectivity index (χ1v) is 8.65. The Morgan fingerprint density at radius 2 is 1.80 bits per heavy atom. The van der Waals surface area contributed by atoms with Gasteiger partial charge >= 0.3 is 0 Å². The monoisotopic (exact) mass is 421 g/mol. The molecule has 25 heavy (non-hydrogen) atoms. The number of aromatic hydroxyl groups is 4. The summed E-state index contributed by atoms with van der Waals surface area (Å²) in [5.74, 6) is -1.53. The lowest BCUT2D eigenvalue weighted by Gasteiger charge is -2.10. The Balaban J connectivity index is 2.10. The summed E-state index contributed by atoms with van der Waals surface area (Å²) in [5.41, 5.74) is 0.837. The molecule has 6 nitrogen and oxygen atoms in total. The third-order valence-electron chi connectivity index (χ3n) is 3.59. The molecular weight excluding hydrogens is 410 g/mol. The second-order valence-corrected chi connectivity index (χ2v) is 7.08. The van der Waals surface area contributed by atoms with Crippen LogP contribution in [0, 0.1) is 6.92 Å². The molecule has 1 aliphatic carbocycles. The Morgan fingerprint density at radius 3 is 2.52 bits per heavy atom. The van der Waals surface area contributed by atoms with Crippen molar-refractivity contribution in [3.8, 4) is 33.4 Å². The van der Waals surface area contributed by atoms with E-state index < -0.39 is 16.9 Å². The minimum absolute atomic E-state index is 0.237. The van der Waals surface area contributed by atoms with Gasteiger partial charge in [-0.25, -0.2) is 4.98 Å². The van der Waals surface area contributed by atoms with E-state index in [1.165, 1.54) is 12.1 Å². The number of halogens is 1. The third kappa shape index (κ3) is 3.06. The molecule has 1 aromatic carbocycles. The van der Waals surface area contributed by atoms with E-state index in [2.05, 4.69) is 20.9 Å². The van der Waals surface area contributed by atoms with Gasteiger partial charge in [-0.3, -0.25) is 4.79 Å². The number of benzene rings is 2. The van der Waals surface area contributed by atoms with Gasteiger partial charge in [-0.1, -0.05) is 6.08 Å². The van der Waals surface area contributed by atoms with Crippen molar-refractivity contribution in [2.75, 3.05) is 0 Å². The lowest BCUT2D eigenvalue weighted by atomic mass is 10.1. The van der Waals surface area contributed by atoms with Crippen LogP contribution in [0.2, 0.25) is 0 Å². The largest absolute Gasteiger partial charge is 0.504 e. The fourth-order valence-corrected chi connectivity index (χ4v) is 3.78. The maximum atomic E-state index is 11.7. The van der Waals surface area contributed by atoms with Crippen molar-refractivity contribution in [1.29, 1.82) is 0 Å². The summed E-state index contributed by atoms with van der Waals surface area (Å²) in [4.78, 5) is 16.4. The lowest BCUT2D eigenvalue weighted by Crippen LogP contribution is -2.03. The fraction of sp³-hybridized carbons (Fsp3) is 0.0588. The Kier molecular flexibility index (Phi) is 4.40. The van der Waals surface area contributed by atoms with E-state index in [1.54, 1.807) is 25.1 Å². The molecule has 1 heterocycles. The number of hydrogen-bond acceptors (Lipinski definition) is 7. The molecule has 3 rings (SSSR count). The van der Waals surface area contributed by atoms with Gasteiger partial charge in [0, 0.05) is 11.3 Å². The molecule has 0 aromatic heterocycles. The minimum atomic E-state index is -0.824. The quantitative estimate of drug-likeness (QED) is 0.469.